The summed E-state index contributed by atoms with van der Waals surface area (Å²) in [6.07, 6.45) is 5.67. The van der Waals surface area contributed by atoms with E-state index in [-0.39, 0.29) is 0 Å². The molecular weight excluding hydrogens is 124 g/mol. The van der Waals surface area contributed by atoms with E-state index in [4.69, 9.17) is 0 Å². The molecule has 0 aromatic carbocycles. The number of likely N-dealkylation sites (N-methyl/N-ethyl adjacent to an activating group) is 1. The molecule has 0 unspecified atom stereocenters. The average Bonchev–Trinajstić information content (AvgIpc) is 1.87. The van der Waals surface area contributed by atoms with Crippen molar-refractivity contribution in [3.8, 4) is 0 Å². The molecule has 2 heteroatoms. The maximum atomic E-state index is 3.67. The zero-order valence-electron chi connectivity index (χ0n) is 6.83. The highest BCUT2D eigenvalue weighted by Gasteiger charge is 1.90. The van der Waals surface area contributed by atoms with Crippen molar-refractivity contribution < 1.29 is 0 Å². The molecule has 0 aliphatic heterocycles. The lowest BCUT2D eigenvalue weighted by molar-refractivity contribution is 0.528. The van der Waals surface area contributed by atoms with E-state index in [0.29, 0.717) is 0 Å². The molecule has 0 radical (unpaired) electrons. The van der Waals surface area contributed by atoms with E-state index in [1.54, 1.807) is 6.20 Å². The van der Waals surface area contributed by atoms with E-state index in [0.717, 1.165) is 5.70 Å². The van der Waals surface area contributed by atoms with Crippen LogP contribution in [0.1, 0.15) is 6.92 Å². The van der Waals surface area contributed by atoms with Crippen LogP contribution in [0.5, 0.6) is 0 Å². The summed E-state index contributed by atoms with van der Waals surface area (Å²) >= 11 is 0. The molecule has 0 atom stereocenters. The molecule has 0 aromatic heterocycles. The van der Waals surface area contributed by atoms with Crippen LogP contribution >= 0.6 is 0 Å². The molecule has 0 amide bonds. The van der Waals surface area contributed by atoms with Crippen LogP contribution in [-0.4, -0.2) is 25.7 Å². The van der Waals surface area contributed by atoms with E-state index in [9.17, 15) is 0 Å². The Balaban J connectivity index is 4.25. The predicted molar refractivity (Wildman–Crippen MR) is 46.1 cm³/mol. The minimum absolute atomic E-state index is 1.05. The lowest BCUT2D eigenvalue weighted by atomic mass is 10.4. The Bertz CT molecular complexity index is 155. The van der Waals surface area contributed by atoms with Gasteiger partial charge in [-0.1, -0.05) is 6.08 Å². The van der Waals surface area contributed by atoms with Crippen LogP contribution in [0.3, 0.4) is 0 Å². The minimum atomic E-state index is 1.05. The Labute approximate surface area is 62.6 Å². The molecule has 0 aliphatic rings. The quantitative estimate of drug-likeness (QED) is 0.428. The Morgan fingerprint density at radius 2 is 2.10 bits per heavy atom. The van der Waals surface area contributed by atoms with Gasteiger partial charge in [0.2, 0.25) is 0 Å². The topological polar surface area (TPSA) is 15.6 Å². The second-order valence-electron chi connectivity index (χ2n) is 2.13. The summed E-state index contributed by atoms with van der Waals surface area (Å²) in [6.45, 7) is 5.35. The highest BCUT2D eigenvalue weighted by molar-refractivity contribution is 5.28. The first-order valence-corrected chi connectivity index (χ1v) is 3.18. The molecule has 0 aromatic rings. The molecular formula is C8H14N2. The van der Waals surface area contributed by atoms with Gasteiger partial charge < -0.3 is 4.90 Å². The van der Waals surface area contributed by atoms with Crippen LogP contribution in [-0.2, 0) is 0 Å². The summed E-state index contributed by atoms with van der Waals surface area (Å²) in [5, 5.41) is 0. The van der Waals surface area contributed by atoms with Crippen molar-refractivity contribution in [2.45, 2.75) is 6.92 Å². The summed E-state index contributed by atoms with van der Waals surface area (Å²) in [7, 11) is 3.94. The van der Waals surface area contributed by atoms with Gasteiger partial charge in [0.1, 0.15) is 0 Å². The second kappa shape index (κ2) is 4.79. The van der Waals surface area contributed by atoms with Gasteiger partial charge in [0.05, 0.1) is 5.70 Å². The van der Waals surface area contributed by atoms with Gasteiger partial charge >= 0.3 is 0 Å². The SMILES string of the molecule is C=NC=C(C=CC)N(C)C. The van der Waals surface area contributed by atoms with Gasteiger partial charge in [-0.3, -0.25) is 4.99 Å². The summed E-state index contributed by atoms with van der Waals surface area (Å²) in [5.74, 6) is 0. The van der Waals surface area contributed by atoms with Gasteiger partial charge in [-0.2, -0.15) is 0 Å². The van der Waals surface area contributed by atoms with Crippen molar-refractivity contribution in [2.75, 3.05) is 14.1 Å². The Morgan fingerprint density at radius 1 is 1.50 bits per heavy atom. The zero-order chi connectivity index (χ0) is 7.98. The smallest absolute Gasteiger partial charge is 0.0543 e. The fourth-order valence-electron chi connectivity index (χ4n) is 0.572. The fraction of sp³-hybridized carbons (Fsp3) is 0.375. The van der Waals surface area contributed by atoms with Crippen LogP contribution < -0.4 is 0 Å². The third-order valence-corrected chi connectivity index (χ3v) is 1.08. The Kier molecular flexibility index (Phi) is 4.29. The van der Waals surface area contributed by atoms with Crippen molar-refractivity contribution in [2.24, 2.45) is 4.99 Å². The third-order valence-electron chi connectivity index (χ3n) is 1.08. The molecule has 0 fully saturated rings. The zero-order valence-corrected chi connectivity index (χ0v) is 6.83. The largest absolute Gasteiger partial charge is 0.376 e. The highest BCUT2D eigenvalue weighted by atomic mass is 15.1. The molecule has 0 saturated heterocycles. The normalized spacial score (nSPS) is 12.1. The van der Waals surface area contributed by atoms with Crippen molar-refractivity contribution in [1.29, 1.82) is 0 Å². The Hall–Kier alpha value is -1.05. The fourth-order valence-corrected chi connectivity index (χ4v) is 0.572. The van der Waals surface area contributed by atoms with Gasteiger partial charge in [0.25, 0.3) is 0 Å². The maximum Gasteiger partial charge on any atom is 0.0543 e. The maximum absolute atomic E-state index is 3.67. The van der Waals surface area contributed by atoms with Crippen LogP contribution in [0.2, 0.25) is 0 Å². The van der Waals surface area contributed by atoms with E-state index in [2.05, 4.69) is 11.7 Å². The van der Waals surface area contributed by atoms with Crippen LogP contribution in [0.4, 0.5) is 0 Å². The first-order valence-electron chi connectivity index (χ1n) is 3.18. The molecule has 0 saturated carbocycles. The molecule has 0 spiro atoms. The van der Waals surface area contributed by atoms with Crippen molar-refractivity contribution >= 4 is 6.72 Å². The molecule has 2 nitrogen and oxygen atoms in total. The van der Waals surface area contributed by atoms with Gasteiger partial charge in [0, 0.05) is 20.3 Å². The monoisotopic (exact) mass is 138 g/mol. The number of hydrogen-bond donors (Lipinski definition) is 0. The average molecular weight is 138 g/mol. The molecule has 10 heavy (non-hydrogen) atoms. The molecule has 0 N–H and O–H groups in total. The van der Waals surface area contributed by atoms with E-state index in [1.165, 1.54) is 0 Å². The second-order valence-corrected chi connectivity index (χ2v) is 2.13. The van der Waals surface area contributed by atoms with E-state index < -0.39 is 0 Å². The standard InChI is InChI=1S/C8H14N2/c1-5-6-8(7-9-2)10(3)4/h5-7H,2H2,1,3-4H3. The van der Waals surface area contributed by atoms with Gasteiger partial charge in [-0.05, 0) is 19.7 Å². The third kappa shape index (κ3) is 3.07. The van der Waals surface area contributed by atoms with Crippen molar-refractivity contribution in [1.82, 2.24) is 4.90 Å². The lowest BCUT2D eigenvalue weighted by Crippen LogP contribution is -2.08. The number of hydrogen-bond acceptors (Lipinski definition) is 2. The molecule has 0 heterocycles. The summed E-state index contributed by atoms with van der Waals surface area (Å²) in [6, 6.07) is 0. The van der Waals surface area contributed by atoms with Crippen molar-refractivity contribution in [3.05, 3.63) is 24.0 Å². The van der Waals surface area contributed by atoms with Crippen molar-refractivity contribution in [3.63, 3.8) is 0 Å². The van der Waals surface area contributed by atoms with E-state index >= 15 is 0 Å². The minimum Gasteiger partial charge on any atom is -0.376 e. The van der Waals surface area contributed by atoms with Crippen LogP contribution in [0, 0.1) is 0 Å². The van der Waals surface area contributed by atoms with E-state index in [1.807, 2.05) is 38.1 Å². The van der Waals surface area contributed by atoms with Crippen LogP contribution in [0.15, 0.2) is 29.0 Å². The number of rotatable bonds is 3. The van der Waals surface area contributed by atoms with Gasteiger partial charge in [0.15, 0.2) is 0 Å². The number of nitrogens with zero attached hydrogens (tertiary/aromatic N) is 2. The number of allylic oxidation sites excluding steroid dienone is 2. The predicted octanol–water partition coefficient (Wildman–Crippen LogP) is 1.67. The number of aliphatic imine (C=N–C) groups is 1. The first-order chi connectivity index (χ1) is 4.72. The Morgan fingerprint density at radius 3 is 2.40 bits per heavy atom. The lowest BCUT2D eigenvalue weighted by Gasteiger charge is -2.11. The molecule has 0 bridgehead atoms. The molecule has 56 valence electrons. The molecule has 0 aliphatic carbocycles. The highest BCUT2D eigenvalue weighted by Crippen LogP contribution is 1.99. The van der Waals surface area contributed by atoms with Gasteiger partial charge in [-0.15, -0.1) is 0 Å². The summed E-state index contributed by atoms with van der Waals surface area (Å²) in [4.78, 5) is 5.65. The molecule has 0 rings (SSSR count). The summed E-state index contributed by atoms with van der Waals surface area (Å²) < 4.78 is 0. The summed E-state index contributed by atoms with van der Waals surface area (Å²) in [5.41, 5.74) is 1.05. The van der Waals surface area contributed by atoms with Crippen LogP contribution in [0.25, 0.3) is 0 Å². The van der Waals surface area contributed by atoms with Gasteiger partial charge in [-0.25, -0.2) is 0 Å². The first kappa shape index (κ1) is 8.95.